The minimum Gasteiger partial charge on any atom is -0.382 e. The van der Waals surface area contributed by atoms with Gasteiger partial charge >= 0.3 is 0 Å². The molecule has 2 atom stereocenters. The zero-order valence-corrected chi connectivity index (χ0v) is 9.65. The van der Waals surface area contributed by atoms with Crippen LogP contribution in [-0.4, -0.2) is 23.3 Å². The fourth-order valence-electron chi connectivity index (χ4n) is 3.36. The third kappa shape index (κ3) is 1.66. The number of nitrogens with zero attached hydrogens (tertiary/aromatic N) is 2. The maximum Gasteiger partial charge on any atom is 0.142 e. The molecule has 0 radical (unpaired) electrons. The van der Waals surface area contributed by atoms with Gasteiger partial charge in [-0.05, 0) is 24.7 Å². The van der Waals surface area contributed by atoms with Crippen molar-refractivity contribution < 1.29 is 0 Å². The molecule has 1 saturated heterocycles. The lowest BCUT2D eigenvalue weighted by Crippen LogP contribution is -2.41. The third-order valence-electron chi connectivity index (χ3n) is 4.28. The summed E-state index contributed by atoms with van der Waals surface area (Å²) in [5, 5.41) is 6.83. The molecule has 2 fully saturated rings. The summed E-state index contributed by atoms with van der Waals surface area (Å²) in [7, 11) is 0. The van der Waals surface area contributed by atoms with Crippen LogP contribution in [0.2, 0.25) is 0 Å². The third-order valence-corrected chi connectivity index (χ3v) is 4.28. The van der Waals surface area contributed by atoms with Gasteiger partial charge in [-0.25, -0.2) is 0 Å². The number of anilines is 2. The molecule has 1 aliphatic heterocycles. The van der Waals surface area contributed by atoms with E-state index in [9.17, 15) is 0 Å². The summed E-state index contributed by atoms with van der Waals surface area (Å²) in [5.41, 5.74) is 6.98. The van der Waals surface area contributed by atoms with Crippen LogP contribution in [0.1, 0.15) is 32.1 Å². The molecule has 0 aromatic carbocycles. The first kappa shape index (κ1) is 10.00. The van der Waals surface area contributed by atoms with Crippen LogP contribution < -0.4 is 10.6 Å². The number of nitrogens with one attached hydrogen (secondary N) is 1. The minimum atomic E-state index is 0.717. The van der Waals surface area contributed by atoms with Gasteiger partial charge in [-0.3, -0.25) is 5.10 Å². The highest BCUT2D eigenvalue weighted by atomic mass is 15.2. The van der Waals surface area contributed by atoms with E-state index in [2.05, 4.69) is 15.1 Å². The number of hydrogen-bond acceptors (Lipinski definition) is 3. The molecule has 2 heterocycles. The molecule has 1 aliphatic carbocycles. The van der Waals surface area contributed by atoms with Crippen LogP contribution in [0.15, 0.2) is 6.20 Å². The van der Waals surface area contributed by atoms with Gasteiger partial charge in [-0.1, -0.05) is 19.3 Å². The van der Waals surface area contributed by atoms with Crippen molar-refractivity contribution in [3.8, 4) is 0 Å². The summed E-state index contributed by atoms with van der Waals surface area (Å²) in [5.74, 6) is 2.57. The Kier molecular flexibility index (Phi) is 2.50. The fraction of sp³-hybridized carbons (Fsp3) is 0.750. The molecule has 1 aromatic heterocycles. The fourth-order valence-corrected chi connectivity index (χ4v) is 3.36. The Balaban J connectivity index is 1.73. The van der Waals surface area contributed by atoms with Crippen molar-refractivity contribution in [3.05, 3.63) is 6.20 Å². The van der Waals surface area contributed by atoms with Crippen molar-refractivity contribution in [1.29, 1.82) is 0 Å². The lowest BCUT2D eigenvalue weighted by atomic mass is 9.75. The van der Waals surface area contributed by atoms with Gasteiger partial charge in [-0.2, -0.15) is 5.10 Å². The Morgan fingerprint density at radius 1 is 1.25 bits per heavy atom. The van der Waals surface area contributed by atoms with Crippen molar-refractivity contribution in [2.45, 2.75) is 32.1 Å². The second-order valence-corrected chi connectivity index (χ2v) is 5.21. The van der Waals surface area contributed by atoms with E-state index in [1.54, 1.807) is 0 Å². The second-order valence-electron chi connectivity index (χ2n) is 5.21. The average molecular weight is 220 g/mol. The molecular formula is C12H20N4. The highest BCUT2D eigenvalue weighted by Crippen LogP contribution is 2.38. The number of fused-ring (bicyclic) bond motifs is 1. The van der Waals surface area contributed by atoms with Crippen LogP contribution in [0, 0.1) is 11.8 Å². The summed E-state index contributed by atoms with van der Waals surface area (Å²) >= 11 is 0. The van der Waals surface area contributed by atoms with Gasteiger partial charge in [-0.15, -0.1) is 0 Å². The minimum absolute atomic E-state index is 0.717. The number of H-pyrrole nitrogens is 1. The number of aromatic nitrogens is 2. The molecule has 3 N–H and O–H groups in total. The van der Waals surface area contributed by atoms with Crippen molar-refractivity contribution in [2.75, 3.05) is 23.7 Å². The van der Waals surface area contributed by atoms with E-state index < -0.39 is 0 Å². The zero-order valence-electron chi connectivity index (χ0n) is 9.65. The number of hydrogen-bond donors (Lipinski definition) is 2. The van der Waals surface area contributed by atoms with Gasteiger partial charge in [0.2, 0.25) is 0 Å². The van der Waals surface area contributed by atoms with Crippen LogP contribution in [0.25, 0.3) is 0 Å². The molecule has 4 heteroatoms. The van der Waals surface area contributed by atoms with E-state index in [4.69, 9.17) is 5.73 Å². The maximum absolute atomic E-state index is 5.88. The predicted octanol–water partition coefficient (Wildman–Crippen LogP) is 2.01. The van der Waals surface area contributed by atoms with Crippen molar-refractivity contribution in [3.63, 3.8) is 0 Å². The predicted molar refractivity (Wildman–Crippen MR) is 65.3 cm³/mol. The molecule has 0 amide bonds. The summed E-state index contributed by atoms with van der Waals surface area (Å²) in [4.78, 5) is 2.41. The average Bonchev–Trinajstić information content (AvgIpc) is 2.75. The number of aromatic amines is 1. The number of rotatable bonds is 1. The first-order valence-corrected chi connectivity index (χ1v) is 6.38. The van der Waals surface area contributed by atoms with Crippen molar-refractivity contribution in [2.24, 2.45) is 11.8 Å². The van der Waals surface area contributed by atoms with E-state index in [0.717, 1.165) is 24.1 Å². The molecule has 2 aliphatic rings. The normalized spacial score (nSPS) is 30.1. The monoisotopic (exact) mass is 220 g/mol. The maximum atomic E-state index is 5.88. The van der Waals surface area contributed by atoms with Gasteiger partial charge in [0, 0.05) is 13.1 Å². The van der Waals surface area contributed by atoms with Crippen molar-refractivity contribution in [1.82, 2.24) is 10.2 Å². The van der Waals surface area contributed by atoms with Crippen molar-refractivity contribution >= 4 is 11.5 Å². The Hall–Kier alpha value is -1.19. The quantitative estimate of drug-likeness (QED) is 0.761. The Morgan fingerprint density at radius 3 is 2.81 bits per heavy atom. The van der Waals surface area contributed by atoms with Crippen LogP contribution in [0.3, 0.4) is 0 Å². The number of nitrogens with two attached hydrogens (primary N) is 1. The highest BCUT2D eigenvalue weighted by Gasteiger charge is 2.31. The molecule has 1 aromatic rings. The SMILES string of the molecule is Nc1[nH]ncc1N1CCC2CCCCC2C1. The Bertz CT molecular complexity index is 360. The standard InChI is InChI=1S/C12H20N4/c13-12-11(7-14-15-12)16-6-5-9-3-1-2-4-10(9)8-16/h7,9-10H,1-6,8H2,(H3,13,14,15). The number of nitrogen functional groups attached to an aromatic ring is 1. The second kappa shape index (κ2) is 4.00. The summed E-state index contributed by atoms with van der Waals surface area (Å²) in [6.07, 6.45) is 8.89. The van der Waals surface area contributed by atoms with Gasteiger partial charge in [0.05, 0.1) is 11.9 Å². The van der Waals surface area contributed by atoms with Gasteiger partial charge in [0.1, 0.15) is 5.82 Å². The number of piperidine rings is 1. The van der Waals surface area contributed by atoms with E-state index in [-0.39, 0.29) is 0 Å². The van der Waals surface area contributed by atoms with Crippen LogP contribution in [0.5, 0.6) is 0 Å². The van der Waals surface area contributed by atoms with Gasteiger partial charge in [0.25, 0.3) is 0 Å². The molecule has 4 nitrogen and oxygen atoms in total. The van der Waals surface area contributed by atoms with Gasteiger partial charge < -0.3 is 10.6 Å². The molecule has 1 saturated carbocycles. The Morgan fingerprint density at radius 2 is 2.06 bits per heavy atom. The van der Waals surface area contributed by atoms with Crippen LogP contribution in [0.4, 0.5) is 11.5 Å². The molecule has 0 spiro atoms. The van der Waals surface area contributed by atoms with E-state index in [1.807, 2.05) is 6.20 Å². The zero-order chi connectivity index (χ0) is 11.0. The lowest BCUT2D eigenvalue weighted by molar-refractivity contribution is 0.202. The molecular weight excluding hydrogens is 200 g/mol. The molecule has 3 rings (SSSR count). The summed E-state index contributed by atoms with van der Waals surface area (Å²) in [6.45, 7) is 2.32. The summed E-state index contributed by atoms with van der Waals surface area (Å²) in [6, 6.07) is 0. The Labute approximate surface area is 96.2 Å². The smallest absolute Gasteiger partial charge is 0.142 e. The van der Waals surface area contributed by atoms with E-state index >= 15 is 0 Å². The first-order valence-electron chi connectivity index (χ1n) is 6.38. The topological polar surface area (TPSA) is 57.9 Å². The lowest BCUT2D eigenvalue weighted by Gasteiger charge is -2.41. The summed E-state index contributed by atoms with van der Waals surface area (Å²) < 4.78 is 0. The molecule has 88 valence electrons. The van der Waals surface area contributed by atoms with Crippen LogP contribution in [-0.2, 0) is 0 Å². The highest BCUT2D eigenvalue weighted by molar-refractivity contribution is 5.62. The molecule has 16 heavy (non-hydrogen) atoms. The first-order chi connectivity index (χ1) is 7.84. The van der Waals surface area contributed by atoms with E-state index in [0.29, 0.717) is 5.82 Å². The van der Waals surface area contributed by atoms with E-state index in [1.165, 1.54) is 38.6 Å². The van der Waals surface area contributed by atoms with Crippen LogP contribution >= 0.6 is 0 Å². The van der Waals surface area contributed by atoms with Gasteiger partial charge in [0.15, 0.2) is 0 Å². The largest absolute Gasteiger partial charge is 0.382 e. The molecule has 0 bridgehead atoms. The molecule has 2 unspecified atom stereocenters.